The second-order valence-corrected chi connectivity index (χ2v) is 3.62. The summed E-state index contributed by atoms with van der Waals surface area (Å²) < 4.78 is 0. The highest BCUT2D eigenvalue weighted by atomic mass is 16.1. The van der Waals surface area contributed by atoms with Crippen molar-refractivity contribution in [2.75, 3.05) is 0 Å². The van der Waals surface area contributed by atoms with E-state index in [1.54, 1.807) is 12.1 Å². The third kappa shape index (κ3) is 3.09. The fourth-order valence-electron chi connectivity index (χ4n) is 1.19. The zero-order valence-electron chi connectivity index (χ0n) is 8.90. The number of amides is 1. The highest BCUT2D eigenvalue weighted by Gasteiger charge is 2.05. The minimum absolute atomic E-state index is 0.215. The molecule has 0 saturated heterocycles. The van der Waals surface area contributed by atoms with Crippen molar-refractivity contribution in [2.24, 2.45) is 16.5 Å². The number of benzene rings is 1. The average molecular weight is 205 g/mol. The molecule has 0 bridgehead atoms. The maximum Gasteiger partial charge on any atom is 0.280 e. The van der Waals surface area contributed by atoms with Crippen LogP contribution in [0.2, 0.25) is 0 Å². The number of rotatable bonds is 2. The second-order valence-electron chi connectivity index (χ2n) is 3.62. The first-order chi connectivity index (χ1) is 7.00. The Hall–Kier alpha value is -1.84. The Morgan fingerprint density at radius 3 is 2.13 bits per heavy atom. The van der Waals surface area contributed by atoms with Crippen molar-refractivity contribution in [1.29, 1.82) is 0 Å². The summed E-state index contributed by atoms with van der Waals surface area (Å²) in [5.74, 6) is -0.185. The van der Waals surface area contributed by atoms with Gasteiger partial charge in [-0.3, -0.25) is 4.79 Å². The Morgan fingerprint density at radius 2 is 1.73 bits per heavy atom. The summed E-state index contributed by atoms with van der Waals surface area (Å²) >= 11 is 0. The van der Waals surface area contributed by atoms with Crippen LogP contribution in [-0.2, 0) is 0 Å². The number of hydrogen-bond acceptors (Lipinski definition) is 1. The van der Waals surface area contributed by atoms with Crippen LogP contribution in [0.1, 0.15) is 35.7 Å². The van der Waals surface area contributed by atoms with Gasteiger partial charge in [0.25, 0.3) is 5.91 Å². The Balaban J connectivity index is 2.90. The van der Waals surface area contributed by atoms with Crippen LogP contribution in [0.25, 0.3) is 0 Å². The molecule has 0 radical (unpaired) electrons. The van der Waals surface area contributed by atoms with E-state index in [1.165, 1.54) is 5.56 Å². The van der Waals surface area contributed by atoms with Crippen molar-refractivity contribution >= 4 is 11.9 Å². The molecule has 0 spiro atoms. The first-order valence-electron chi connectivity index (χ1n) is 4.74. The fraction of sp³-hybridized carbons (Fsp3) is 0.273. The quantitative estimate of drug-likeness (QED) is 0.562. The van der Waals surface area contributed by atoms with E-state index in [1.807, 2.05) is 12.1 Å². The van der Waals surface area contributed by atoms with E-state index in [9.17, 15) is 4.79 Å². The van der Waals surface area contributed by atoms with E-state index in [4.69, 9.17) is 11.5 Å². The van der Waals surface area contributed by atoms with Crippen LogP contribution in [-0.4, -0.2) is 11.9 Å². The van der Waals surface area contributed by atoms with Crippen molar-refractivity contribution in [1.82, 2.24) is 0 Å². The van der Waals surface area contributed by atoms with Gasteiger partial charge in [-0.2, -0.15) is 4.99 Å². The molecular weight excluding hydrogens is 190 g/mol. The van der Waals surface area contributed by atoms with Gasteiger partial charge in [-0.1, -0.05) is 26.0 Å². The molecule has 0 fully saturated rings. The Morgan fingerprint density at radius 1 is 1.20 bits per heavy atom. The first kappa shape index (κ1) is 11.2. The average Bonchev–Trinajstić information content (AvgIpc) is 2.17. The Labute approximate surface area is 89.0 Å². The lowest BCUT2D eigenvalue weighted by Crippen LogP contribution is -2.24. The third-order valence-corrected chi connectivity index (χ3v) is 2.05. The highest BCUT2D eigenvalue weighted by Crippen LogP contribution is 2.14. The van der Waals surface area contributed by atoms with Gasteiger partial charge in [-0.25, -0.2) is 0 Å². The number of aliphatic imine (C=N–C) groups is 1. The number of nitrogens with zero attached hydrogens (tertiary/aromatic N) is 1. The molecule has 0 aliphatic carbocycles. The maximum atomic E-state index is 11.4. The molecule has 0 unspecified atom stereocenters. The fourth-order valence-corrected chi connectivity index (χ4v) is 1.19. The molecule has 4 heteroatoms. The minimum Gasteiger partial charge on any atom is -0.370 e. The monoisotopic (exact) mass is 205 g/mol. The molecule has 1 aromatic rings. The molecule has 1 aromatic carbocycles. The van der Waals surface area contributed by atoms with E-state index < -0.39 is 5.91 Å². The smallest absolute Gasteiger partial charge is 0.280 e. The van der Waals surface area contributed by atoms with Crippen molar-refractivity contribution in [3.63, 3.8) is 0 Å². The van der Waals surface area contributed by atoms with Gasteiger partial charge in [0.1, 0.15) is 0 Å². The van der Waals surface area contributed by atoms with Gasteiger partial charge in [0.2, 0.25) is 0 Å². The standard InChI is InChI=1S/C11H15N3O/c1-7(2)8-3-5-9(6-4-8)10(15)14-11(12)13/h3-7H,1-2H3,(H4,12,13,14,15). The first-order valence-corrected chi connectivity index (χ1v) is 4.74. The molecule has 1 rings (SSSR count). The minimum atomic E-state index is -0.412. The number of hydrogen-bond donors (Lipinski definition) is 2. The van der Waals surface area contributed by atoms with Crippen LogP contribution < -0.4 is 11.5 Å². The number of nitrogens with two attached hydrogens (primary N) is 2. The number of carbonyl (C=O) groups excluding carboxylic acids is 1. The number of guanidine groups is 1. The molecule has 4 nitrogen and oxygen atoms in total. The van der Waals surface area contributed by atoms with Crippen LogP contribution in [0.3, 0.4) is 0 Å². The summed E-state index contributed by atoms with van der Waals surface area (Å²) in [7, 11) is 0. The molecule has 0 saturated carbocycles. The second kappa shape index (κ2) is 4.59. The van der Waals surface area contributed by atoms with E-state index in [0.29, 0.717) is 11.5 Å². The zero-order chi connectivity index (χ0) is 11.4. The Kier molecular flexibility index (Phi) is 3.44. The van der Waals surface area contributed by atoms with Gasteiger partial charge in [0.15, 0.2) is 5.96 Å². The highest BCUT2D eigenvalue weighted by molar-refractivity contribution is 6.01. The Bertz CT molecular complexity index is 375. The lowest BCUT2D eigenvalue weighted by atomic mass is 10.0. The van der Waals surface area contributed by atoms with Crippen LogP contribution in [0.15, 0.2) is 29.3 Å². The van der Waals surface area contributed by atoms with Gasteiger partial charge < -0.3 is 11.5 Å². The van der Waals surface area contributed by atoms with E-state index >= 15 is 0 Å². The summed E-state index contributed by atoms with van der Waals surface area (Å²) in [4.78, 5) is 14.8. The summed E-state index contributed by atoms with van der Waals surface area (Å²) in [5, 5.41) is 0. The maximum absolute atomic E-state index is 11.4. The number of carbonyl (C=O) groups is 1. The molecule has 80 valence electrons. The van der Waals surface area contributed by atoms with Gasteiger partial charge in [-0.05, 0) is 23.6 Å². The topological polar surface area (TPSA) is 81.5 Å². The largest absolute Gasteiger partial charge is 0.370 e. The molecular formula is C11H15N3O. The molecule has 0 aromatic heterocycles. The summed E-state index contributed by atoms with van der Waals surface area (Å²) in [6.07, 6.45) is 0. The van der Waals surface area contributed by atoms with Crippen molar-refractivity contribution in [3.05, 3.63) is 35.4 Å². The van der Waals surface area contributed by atoms with E-state index in [-0.39, 0.29) is 5.96 Å². The van der Waals surface area contributed by atoms with Crippen LogP contribution in [0, 0.1) is 0 Å². The molecule has 4 N–H and O–H groups in total. The summed E-state index contributed by atoms with van der Waals surface area (Å²) in [5.41, 5.74) is 11.9. The van der Waals surface area contributed by atoms with E-state index in [2.05, 4.69) is 18.8 Å². The van der Waals surface area contributed by atoms with Crippen LogP contribution in [0.5, 0.6) is 0 Å². The summed E-state index contributed by atoms with van der Waals surface area (Å²) in [6.45, 7) is 4.18. The van der Waals surface area contributed by atoms with Crippen molar-refractivity contribution < 1.29 is 4.79 Å². The van der Waals surface area contributed by atoms with Gasteiger partial charge in [0, 0.05) is 5.56 Å². The van der Waals surface area contributed by atoms with Crippen LogP contribution >= 0.6 is 0 Å². The molecule has 0 aliphatic rings. The summed E-state index contributed by atoms with van der Waals surface area (Å²) in [6, 6.07) is 7.26. The lowest BCUT2D eigenvalue weighted by Gasteiger charge is -2.04. The lowest BCUT2D eigenvalue weighted by molar-refractivity contribution is 0.100. The third-order valence-electron chi connectivity index (χ3n) is 2.05. The predicted molar refractivity (Wildman–Crippen MR) is 60.7 cm³/mol. The van der Waals surface area contributed by atoms with Gasteiger partial charge >= 0.3 is 0 Å². The molecule has 0 heterocycles. The van der Waals surface area contributed by atoms with Crippen molar-refractivity contribution in [3.8, 4) is 0 Å². The normalized spacial score (nSPS) is 10.1. The zero-order valence-corrected chi connectivity index (χ0v) is 8.90. The molecule has 1 amide bonds. The molecule has 15 heavy (non-hydrogen) atoms. The van der Waals surface area contributed by atoms with Crippen LogP contribution in [0.4, 0.5) is 0 Å². The van der Waals surface area contributed by atoms with E-state index in [0.717, 1.165) is 0 Å². The SMILES string of the molecule is CC(C)c1ccc(C(=O)N=C(N)N)cc1. The van der Waals surface area contributed by atoms with Crippen molar-refractivity contribution in [2.45, 2.75) is 19.8 Å². The van der Waals surface area contributed by atoms with Gasteiger partial charge in [-0.15, -0.1) is 0 Å². The molecule has 0 aliphatic heterocycles. The molecule has 0 atom stereocenters. The predicted octanol–water partition coefficient (Wildman–Crippen LogP) is 1.22. The van der Waals surface area contributed by atoms with Gasteiger partial charge in [0.05, 0.1) is 0 Å².